The largest absolute Gasteiger partial charge is 0.313 e. The number of hydrogen-bond acceptors (Lipinski definition) is 1. The van der Waals surface area contributed by atoms with Gasteiger partial charge in [-0.25, -0.2) is 8.78 Å². The summed E-state index contributed by atoms with van der Waals surface area (Å²) in [5.74, 6) is -0.681. The molecule has 106 valence electrons. The molecular weight excluding hydrogens is 348 g/mol. The van der Waals surface area contributed by atoms with E-state index in [1.165, 1.54) is 18.2 Å². The molecule has 1 atom stereocenters. The van der Waals surface area contributed by atoms with Crippen molar-refractivity contribution in [3.05, 3.63) is 68.7 Å². The summed E-state index contributed by atoms with van der Waals surface area (Å²) >= 11 is 9.14. The van der Waals surface area contributed by atoms with E-state index in [-0.39, 0.29) is 17.7 Å². The molecule has 0 bridgehead atoms. The number of benzene rings is 2. The summed E-state index contributed by atoms with van der Waals surface area (Å²) in [5, 5.41) is 3.40. The van der Waals surface area contributed by atoms with E-state index in [9.17, 15) is 8.78 Å². The second-order valence-electron chi connectivity index (χ2n) is 4.45. The number of rotatable bonds is 4. The molecule has 5 heteroatoms. The SMILES string of the molecule is CNC(Cc1cc(F)ccc1Br)c1ccc(Cl)cc1F. The van der Waals surface area contributed by atoms with Crippen molar-refractivity contribution in [2.45, 2.75) is 12.5 Å². The first-order valence-corrected chi connectivity index (χ1v) is 7.24. The van der Waals surface area contributed by atoms with Crippen LogP contribution in [0.1, 0.15) is 17.2 Å². The number of likely N-dealkylation sites (N-methyl/N-ethyl adjacent to an activating group) is 1. The van der Waals surface area contributed by atoms with E-state index in [0.717, 1.165) is 10.0 Å². The Balaban J connectivity index is 2.31. The maximum absolute atomic E-state index is 14.0. The molecule has 2 rings (SSSR count). The highest BCUT2D eigenvalue weighted by atomic mass is 79.9. The second-order valence-corrected chi connectivity index (χ2v) is 5.74. The zero-order valence-corrected chi connectivity index (χ0v) is 13.1. The summed E-state index contributed by atoms with van der Waals surface area (Å²) in [4.78, 5) is 0. The zero-order chi connectivity index (χ0) is 14.7. The number of halogens is 4. The standard InChI is InChI=1S/C15H13BrClF2N/c1-20-15(12-4-2-10(17)8-14(12)19)7-9-6-11(18)3-5-13(9)16/h2-6,8,15,20H,7H2,1H3. The lowest BCUT2D eigenvalue weighted by atomic mass is 9.98. The van der Waals surface area contributed by atoms with Gasteiger partial charge < -0.3 is 5.32 Å². The second kappa shape index (κ2) is 6.66. The van der Waals surface area contributed by atoms with Crippen LogP contribution in [0.4, 0.5) is 8.78 Å². The van der Waals surface area contributed by atoms with Crippen molar-refractivity contribution >= 4 is 27.5 Å². The topological polar surface area (TPSA) is 12.0 Å². The van der Waals surface area contributed by atoms with Gasteiger partial charge in [0.15, 0.2) is 0 Å². The Labute approximate surface area is 130 Å². The molecule has 0 saturated heterocycles. The predicted octanol–water partition coefficient (Wildman–Crippen LogP) is 4.88. The van der Waals surface area contributed by atoms with Gasteiger partial charge in [0.2, 0.25) is 0 Å². The lowest BCUT2D eigenvalue weighted by Crippen LogP contribution is -2.20. The van der Waals surface area contributed by atoms with Gasteiger partial charge in [-0.2, -0.15) is 0 Å². The van der Waals surface area contributed by atoms with Crippen molar-refractivity contribution in [2.75, 3.05) is 7.05 Å². The molecule has 0 radical (unpaired) electrons. The average Bonchev–Trinajstić information content (AvgIpc) is 2.40. The van der Waals surface area contributed by atoms with Crippen molar-refractivity contribution in [3.8, 4) is 0 Å². The summed E-state index contributed by atoms with van der Waals surface area (Å²) in [6, 6.07) is 8.78. The minimum atomic E-state index is -0.371. The van der Waals surface area contributed by atoms with E-state index in [2.05, 4.69) is 21.2 Å². The van der Waals surface area contributed by atoms with E-state index in [0.29, 0.717) is 17.0 Å². The van der Waals surface area contributed by atoms with Gasteiger partial charge in [-0.15, -0.1) is 0 Å². The first kappa shape index (κ1) is 15.4. The summed E-state index contributed by atoms with van der Waals surface area (Å²) in [6.07, 6.45) is 0.466. The Hall–Kier alpha value is -0.970. The van der Waals surface area contributed by atoms with E-state index in [1.807, 2.05) is 0 Å². The van der Waals surface area contributed by atoms with Crippen molar-refractivity contribution in [1.29, 1.82) is 0 Å². The fraction of sp³-hybridized carbons (Fsp3) is 0.200. The molecule has 0 aliphatic carbocycles. The smallest absolute Gasteiger partial charge is 0.129 e. The molecule has 0 spiro atoms. The Kier molecular flexibility index (Phi) is 5.13. The third kappa shape index (κ3) is 3.57. The molecule has 2 aromatic rings. The number of nitrogens with one attached hydrogen (secondary N) is 1. The van der Waals surface area contributed by atoms with E-state index in [1.54, 1.807) is 25.2 Å². The highest BCUT2D eigenvalue weighted by Crippen LogP contribution is 2.27. The van der Waals surface area contributed by atoms with Crippen molar-refractivity contribution in [2.24, 2.45) is 0 Å². The Bertz CT molecular complexity index is 619. The van der Waals surface area contributed by atoms with Crippen LogP contribution in [0.15, 0.2) is 40.9 Å². The van der Waals surface area contributed by atoms with Crippen LogP contribution < -0.4 is 5.32 Å². The molecule has 0 amide bonds. The maximum Gasteiger partial charge on any atom is 0.129 e. The van der Waals surface area contributed by atoms with Crippen molar-refractivity contribution in [1.82, 2.24) is 5.32 Å². The van der Waals surface area contributed by atoms with Gasteiger partial charge in [0.25, 0.3) is 0 Å². The van der Waals surface area contributed by atoms with Crippen molar-refractivity contribution in [3.63, 3.8) is 0 Å². The van der Waals surface area contributed by atoms with Crippen LogP contribution in [-0.2, 0) is 6.42 Å². The van der Waals surface area contributed by atoms with Gasteiger partial charge in [0, 0.05) is 21.1 Å². The van der Waals surface area contributed by atoms with Gasteiger partial charge in [0.05, 0.1) is 0 Å². The zero-order valence-electron chi connectivity index (χ0n) is 10.8. The van der Waals surface area contributed by atoms with Gasteiger partial charge in [-0.1, -0.05) is 33.6 Å². The highest BCUT2D eigenvalue weighted by molar-refractivity contribution is 9.10. The molecule has 0 aromatic heterocycles. The van der Waals surface area contributed by atoms with Crippen LogP contribution in [0.25, 0.3) is 0 Å². The fourth-order valence-corrected chi connectivity index (χ4v) is 2.64. The molecule has 20 heavy (non-hydrogen) atoms. The van der Waals surface area contributed by atoms with Crippen LogP contribution in [0, 0.1) is 11.6 Å². The monoisotopic (exact) mass is 359 g/mol. The molecule has 1 N–H and O–H groups in total. The summed E-state index contributed by atoms with van der Waals surface area (Å²) < 4.78 is 28.1. The molecule has 0 aliphatic heterocycles. The van der Waals surface area contributed by atoms with Gasteiger partial charge in [-0.3, -0.25) is 0 Å². The molecule has 0 heterocycles. The van der Waals surface area contributed by atoms with E-state index in [4.69, 9.17) is 11.6 Å². The fourth-order valence-electron chi connectivity index (χ4n) is 2.07. The lowest BCUT2D eigenvalue weighted by Gasteiger charge is -2.18. The quantitative estimate of drug-likeness (QED) is 0.819. The minimum absolute atomic E-state index is 0.259. The molecule has 1 unspecified atom stereocenters. The summed E-state index contributed by atoms with van der Waals surface area (Å²) in [5.41, 5.74) is 1.28. The maximum atomic E-state index is 14.0. The van der Waals surface area contributed by atoms with Crippen LogP contribution in [-0.4, -0.2) is 7.05 Å². The van der Waals surface area contributed by atoms with Crippen LogP contribution in [0.5, 0.6) is 0 Å². The van der Waals surface area contributed by atoms with Gasteiger partial charge in [0.1, 0.15) is 11.6 Å². The third-order valence-corrected chi connectivity index (χ3v) is 4.13. The minimum Gasteiger partial charge on any atom is -0.313 e. The first-order valence-electron chi connectivity index (χ1n) is 6.07. The molecule has 0 fully saturated rings. The highest BCUT2D eigenvalue weighted by Gasteiger charge is 2.16. The van der Waals surface area contributed by atoms with Crippen LogP contribution >= 0.6 is 27.5 Å². The van der Waals surface area contributed by atoms with E-state index < -0.39 is 0 Å². The van der Waals surface area contributed by atoms with Crippen LogP contribution in [0.2, 0.25) is 5.02 Å². The first-order chi connectivity index (χ1) is 9.51. The van der Waals surface area contributed by atoms with Crippen molar-refractivity contribution < 1.29 is 8.78 Å². The summed E-state index contributed by atoms with van der Waals surface area (Å²) in [7, 11) is 1.74. The lowest BCUT2D eigenvalue weighted by molar-refractivity contribution is 0.532. The van der Waals surface area contributed by atoms with Crippen LogP contribution in [0.3, 0.4) is 0 Å². The molecular formula is C15H13BrClF2N. The molecule has 0 aliphatic rings. The normalized spacial score (nSPS) is 12.4. The Morgan fingerprint density at radius 3 is 2.60 bits per heavy atom. The molecule has 0 saturated carbocycles. The summed E-state index contributed by atoms with van der Waals surface area (Å²) in [6.45, 7) is 0. The van der Waals surface area contributed by atoms with Gasteiger partial charge >= 0.3 is 0 Å². The molecule has 2 aromatic carbocycles. The van der Waals surface area contributed by atoms with E-state index >= 15 is 0 Å². The Morgan fingerprint density at radius 2 is 1.95 bits per heavy atom. The number of hydrogen-bond donors (Lipinski definition) is 1. The van der Waals surface area contributed by atoms with Gasteiger partial charge in [-0.05, 0) is 49.4 Å². The third-order valence-electron chi connectivity index (χ3n) is 3.12. The average molecular weight is 361 g/mol. The molecule has 1 nitrogen and oxygen atoms in total. The predicted molar refractivity (Wildman–Crippen MR) is 81.0 cm³/mol. The Morgan fingerprint density at radius 1 is 1.20 bits per heavy atom.